The standard InChI is InChI=1S/C13H26N2O3/c1-3-4-5-6-7-8-9-10-15(13(17)18)11-12(16)14-2/h3-11H2,1-2H3,(H,14,16)(H,17,18). The van der Waals surface area contributed by atoms with Gasteiger partial charge in [0.1, 0.15) is 6.54 Å². The van der Waals surface area contributed by atoms with Crippen molar-refractivity contribution in [2.45, 2.75) is 51.9 Å². The first kappa shape index (κ1) is 16.7. The molecule has 106 valence electrons. The maximum absolute atomic E-state index is 11.1. The number of hydrogen-bond donors (Lipinski definition) is 2. The summed E-state index contributed by atoms with van der Waals surface area (Å²) in [5.74, 6) is -0.264. The monoisotopic (exact) mass is 258 g/mol. The predicted octanol–water partition coefficient (Wildman–Crippen LogP) is 2.46. The summed E-state index contributed by atoms with van der Waals surface area (Å²) in [7, 11) is 1.51. The van der Waals surface area contributed by atoms with E-state index in [2.05, 4.69) is 12.2 Å². The summed E-state index contributed by atoms with van der Waals surface area (Å²) in [6, 6.07) is 0. The maximum Gasteiger partial charge on any atom is 0.407 e. The minimum atomic E-state index is -1.02. The third-order valence-electron chi connectivity index (χ3n) is 2.92. The molecule has 0 spiro atoms. The number of hydrogen-bond acceptors (Lipinski definition) is 2. The van der Waals surface area contributed by atoms with Gasteiger partial charge in [0.2, 0.25) is 5.91 Å². The van der Waals surface area contributed by atoms with Crippen LogP contribution in [-0.2, 0) is 4.79 Å². The molecule has 0 aliphatic carbocycles. The van der Waals surface area contributed by atoms with Gasteiger partial charge in [0, 0.05) is 13.6 Å². The van der Waals surface area contributed by atoms with Gasteiger partial charge >= 0.3 is 6.09 Å². The lowest BCUT2D eigenvalue weighted by atomic mass is 10.1. The molecule has 0 aromatic heterocycles. The highest BCUT2D eigenvalue weighted by Gasteiger charge is 2.14. The molecule has 2 amide bonds. The van der Waals surface area contributed by atoms with Crippen molar-refractivity contribution in [2.24, 2.45) is 0 Å². The molecule has 0 bridgehead atoms. The van der Waals surface area contributed by atoms with Gasteiger partial charge in [-0.25, -0.2) is 4.79 Å². The van der Waals surface area contributed by atoms with Crippen molar-refractivity contribution < 1.29 is 14.7 Å². The van der Waals surface area contributed by atoms with E-state index in [-0.39, 0.29) is 12.5 Å². The molecule has 0 rings (SSSR count). The number of carbonyl (C=O) groups is 2. The van der Waals surface area contributed by atoms with Gasteiger partial charge in [0.05, 0.1) is 0 Å². The third kappa shape index (κ3) is 8.84. The SMILES string of the molecule is CCCCCCCCCN(CC(=O)NC)C(=O)O. The number of unbranched alkanes of at least 4 members (excludes halogenated alkanes) is 6. The second-order valence-corrected chi connectivity index (χ2v) is 4.50. The van der Waals surface area contributed by atoms with Gasteiger partial charge in [-0.05, 0) is 6.42 Å². The van der Waals surface area contributed by atoms with E-state index in [1.54, 1.807) is 0 Å². The van der Waals surface area contributed by atoms with Crippen LogP contribution >= 0.6 is 0 Å². The average molecular weight is 258 g/mol. The summed E-state index contributed by atoms with van der Waals surface area (Å²) in [4.78, 5) is 23.2. The smallest absolute Gasteiger partial charge is 0.407 e. The predicted molar refractivity (Wildman–Crippen MR) is 71.7 cm³/mol. The van der Waals surface area contributed by atoms with E-state index in [4.69, 9.17) is 5.11 Å². The van der Waals surface area contributed by atoms with Crippen molar-refractivity contribution in [2.75, 3.05) is 20.1 Å². The highest BCUT2D eigenvalue weighted by Crippen LogP contribution is 2.07. The Morgan fingerprint density at radius 3 is 2.11 bits per heavy atom. The summed E-state index contributed by atoms with van der Waals surface area (Å²) in [5, 5.41) is 11.4. The third-order valence-corrected chi connectivity index (χ3v) is 2.92. The van der Waals surface area contributed by atoms with Crippen LogP contribution in [-0.4, -0.2) is 42.1 Å². The van der Waals surface area contributed by atoms with Crippen LogP contribution in [0.15, 0.2) is 0 Å². The molecule has 5 heteroatoms. The van der Waals surface area contributed by atoms with Gasteiger partial charge < -0.3 is 10.4 Å². The molecule has 0 aliphatic heterocycles. The first-order chi connectivity index (χ1) is 8.61. The minimum absolute atomic E-state index is 0.0678. The number of rotatable bonds is 10. The fourth-order valence-corrected chi connectivity index (χ4v) is 1.75. The molecule has 0 radical (unpaired) electrons. The van der Waals surface area contributed by atoms with Crippen LogP contribution in [0.4, 0.5) is 4.79 Å². The molecule has 0 aromatic rings. The Bertz CT molecular complexity index is 244. The van der Waals surface area contributed by atoms with E-state index in [1.165, 1.54) is 37.6 Å². The molecule has 0 aliphatic rings. The van der Waals surface area contributed by atoms with Crippen molar-refractivity contribution in [3.63, 3.8) is 0 Å². The van der Waals surface area contributed by atoms with Crippen LogP contribution in [0.1, 0.15) is 51.9 Å². The second-order valence-electron chi connectivity index (χ2n) is 4.50. The van der Waals surface area contributed by atoms with E-state index in [0.717, 1.165) is 19.3 Å². The van der Waals surface area contributed by atoms with Gasteiger partial charge in [0.25, 0.3) is 0 Å². The molecule has 0 saturated heterocycles. The Labute approximate surface area is 110 Å². The van der Waals surface area contributed by atoms with Crippen LogP contribution in [0.25, 0.3) is 0 Å². The summed E-state index contributed by atoms with van der Waals surface area (Å²) in [5.41, 5.74) is 0. The molecular weight excluding hydrogens is 232 g/mol. The quantitative estimate of drug-likeness (QED) is 0.591. The lowest BCUT2D eigenvalue weighted by Gasteiger charge is -2.17. The first-order valence-electron chi connectivity index (χ1n) is 6.80. The topological polar surface area (TPSA) is 69.6 Å². The molecule has 2 N–H and O–H groups in total. The van der Waals surface area contributed by atoms with Gasteiger partial charge in [0.15, 0.2) is 0 Å². The maximum atomic E-state index is 11.1. The van der Waals surface area contributed by atoms with Crippen molar-refractivity contribution in [3.05, 3.63) is 0 Å². The van der Waals surface area contributed by atoms with E-state index >= 15 is 0 Å². The van der Waals surface area contributed by atoms with E-state index < -0.39 is 6.09 Å². The van der Waals surface area contributed by atoms with Crippen molar-refractivity contribution in [1.82, 2.24) is 10.2 Å². The lowest BCUT2D eigenvalue weighted by molar-refractivity contribution is -0.121. The highest BCUT2D eigenvalue weighted by molar-refractivity contribution is 5.81. The van der Waals surface area contributed by atoms with Crippen LogP contribution in [0.3, 0.4) is 0 Å². The van der Waals surface area contributed by atoms with E-state index in [1.807, 2.05) is 0 Å². The molecule has 0 unspecified atom stereocenters. The van der Waals surface area contributed by atoms with Crippen LogP contribution in [0.2, 0.25) is 0 Å². The van der Waals surface area contributed by atoms with Gasteiger partial charge in [-0.3, -0.25) is 9.69 Å². The second kappa shape index (κ2) is 10.9. The Morgan fingerprint density at radius 1 is 1.06 bits per heavy atom. The first-order valence-corrected chi connectivity index (χ1v) is 6.80. The molecule has 18 heavy (non-hydrogen) atoms. The summed E-state index contributed by atoms with van der Waals surface area (Å²) < 4.78 is 0. The number of carboxylic acid groups (broad SMARTS) is 1. The van der Waals surface area contributed by atoms with E-state index in [0.29, 0.717) is 6.54 Å². The highest BCUT2D eigenvalue weighted by atomic mass is 16.4. The Balaban J connectivity index is 3.65. The molecule has 0 heterocycles. The summed E-state index contributed by atoms with van der Waals surface area (Å²) in [6.07, 6.45) is 6.97. The molecule has 0 fully saturated rings. The molecule has 0 atom stereocenters. The zero-order valence-electron chi connectivity index (χ0n) is 11.6. The summed E-state index contributed by atoms with van der Waals surface area (Å²) >= 11 is 0. The van der Waals surface area contributed by atoms with Gasteiger partial charge in [-0.2, -0.15) is 0 Å². The van der Waals surface area contributed by atoms with Crippen molar-refractivity contribution >= 4 is 12.0 Å². The number of carbonyl (C=O) groups excluding carboxylic acids is 1. The number of nitrogens with zero attached hydrogens (tertiary/aromatic N) is 1. The largest absolute Gasteiger partial charge is 0.465 e. The Morgan fingerprint density at radius 2 is 1.61 bits per heavy atom. The van der Waals surface area contributed by atoms with Gasteiger partial charge in [-0.1, -0.05) is 45.4 Å². The number of nitrogens with one attached hydrogen (secondary N) is 1. The van der Waals surface area contributed by atoms with Crippen LogP contribution in [0, 0.1) is 0 Å². The average Bonchev–Trinajstić information content (AvgIpc) is 2.35. The van der Waals surface area contributed by atoms with Crippen molar-refractivity contribution in [3.8, 4) is 0 Å². The van der Waals surface area contributed by atoms with Gasteiger partial charge in [-0.15, -0.1) is 0 Å². The fourth-order valence-electron chi connectivity index (χ4n) is 1.75. The zero-order chi connectivity index (χ0) is 13.8. The number of likely N-dealkylation sites (N-methyl/N-ethyl adjacent to an activating group) is 1. The lowest BCUT2D eigenvalue weighted by Crippen LogP contribution is -2.39. The number of amides is 2. The van der Waals surface area contributed by atoms with Crippen LogP contribution in [0.5, 0.6) is 0 Å². The van der Waals surface area contributed by atoms with Crippen LogP contribution < -0.4 is 5.32 Å². The molecular formula is C13H26N2O3. The Hall–Kier alpha value is -1.26. The zero-order valence-corrected chi connectivity index (χ0v) is 11.6. The molecule has 0 saturated carbocycles. The minimum Gasteiger partial charge on any atom is -0.465 e. The Kier molecular flexibility index (Phi) is 10.1. The molecule has 0 aromatic carbocycles. The summed E-state index contributed by atoms with van der Waals surface area (Å²) in [6.45, 7) is 2.56. The normalized spacial score (nSPS) is 10.1. The fraction of sp³-hybridized carbons (Fsp3) is 0.846. The van der Waals surface area contributed by atoms with Crippen molar-refractivity contribution in [1.29, 1.82) is 0 Å². The van der Waals surface area contributed by atoms with E-state index in [9.17, 15) is 9.59 Å². The molecule has 5 nitrogen and oxygen atoms in total.